The number of ether oxygens (including phenoxy) is 1. The minimum atomic E-state index is 0.329. The lowest BCUT2D eigenvalue weighted by Crippen LogP contribution is -2.27. The molecule has 0 aliphatic carbocycles. The van der Waals surface area contributed by atoms with Crippen molar-refractivity contribution < 1.29 is 4.74 Å². The van der Waals surface area contributed by atoms with Gasteiger partial charge in [0.15, 0.2) is 0 Å². The topological polar surface area (TPSA) is 21.3 Å². The first kappa shape index (κ1) is 10.5. The number of para-hydroxylation sites is 1. The molecule has 1 aliphatic rings. The molecule has 0 bridgehead atoms. The van der Waals surface area contributed by atoms with Crippen LogP contribution in [0, 0.1) is 0 Å². The van der Waals surface area contributed by atoms with Crippen LogP contribution in [0.25, 0.3) is 0 Å². The SMILES string of the molecule is CCc1ccccc1N[C@H]1CCO[C@@H]1C. The Morgan fingerprint density at radius 2 is 2.20 bits per heavy atom. The van der Waals surface area contributed by atoms with Crippen molar-refractivity contribution in [2.75, 3.05) is 11.9 Å². The van der Waals surface area contributed by atoms with E-state index >= 15 is 0 Å². The lowest BCUT2D eigenvalue weighted by atomic mass is 10.1. The van der Waals surface area contributed by atoms with Gasteiger partial charge in [-0.25, -0.2) is 0 Å². The van der Waals surface area contributed by atoms with Gasteiger partial charge in [0.1, 0.15) is 0 Å². The molecule has 2 nitrogen and oxygen atoms in total. The summed E-state index contributed by atoms with van der Waals surface area (Å²) in [6, 6.07) is 8.99. The smallest absolute Gasteiger partial charge is 0.0748 e. The van der Waals surface area contributed by atoms with Gasteiger partial charge in [0, 0.05) is 12.3 Å². The molecule has 1 aliphatic heterocycles. The maximum atomic E-state index is 5.55. The normalized spacial score (nSPS) is 25.5. The molecule has 1 heterocycles. The Morgan fingerprint density at radius 1 is 1.40 bits per heavy atom. The Hall–Kier alpha value is -1.02. The molecule has 0 spiro atoms. The summed E-state index contributed by atoms with van der Waals surface area (Å²) in [5.74, 6) is 0. The van der Waals surface area contributed by atoms with Gasteiger partial charge in [0.05, 0.1) is 12.1 Å². The third-order valence-electron chi connectivity index (χ3n) is 3.12. The first-order valence-corrected chi connectivity index (χ1v) is 5.77. The number of anilines is 1. The van der Waals surface area contributed by atoms with Crippen LogP contribution < -0.4 is 5.32 Å². The second-order valence-corrected chi connectivity index (χ2v) is 4.13. The minimum Gasteiger partial charge on any atom is -0.379 e. The van der Waals surface area contributed by atoms with Crippen molar-refractivity contribution in [3.63, 3.8) is 0 Å². The first-order chi connectivity index (χ1) is 7.31. The van der Waals surface area contributed by atoms with Gasteiger partial charge in [-0.05, 0) is 31.4 Å². The zero-order valence-corrected chi connectivity index (χ0v) is 9.49. The van der Waals surface area contributed by atoms with Crippen molar-refractivity contribution in [2.45, 2.75) is 38.8 Å². The number of nitrogens with one attached hydrogen (secondary N) is 1. The third-order valence-corrected chi connectivity index (χ3v) is 3.12. The van der Waals surface area contributed by atoms with Gasteiger partial charge >= 0.3 is 0 Å². The van der Waals surface area contributed by atoms with Gasteiger partial charge < -0.3 is 10.1 Å². The third kappa shape index (κ3) is 2.32. The van der Waals surface area contributed by atoms with Crippen LogP contribution in [-0.2, 0) is 11.2 Å². The van der Waals surface area contributed by atoms with Gasteiger partial charge in [-0.2, -0.15) is 0 Å². The molecule has 0 aromatic heterocycles. The molecule has 0 saturated carbocycles. The fourth-order valence-electron chi connectivity index (χ4n) is 2.09. The van der Waals surface area contributed by atoms with Crippen LogP contribution in [0.2, 0.25) is 0 Å². The number of rotatable bonds is 3. The molecule has 2 heteroatoms. The molecular weight excluding hydrogens is 186 g/mol. The number of benzene rings is 1. The molecule has 2 rings (SSSR count). The molecule has 1 aromatic rings. The predicted octanol–water partition coefficient (Wildman–Crippen LogP) is 2.84. The van der Waals surface area contributed by atoms with E-state index in [1.165, 1.54) is 11.3 Å². The highest BCUT2D eigenvalue weighted by Crippen LogP contribution is 2.22. The summed E-state index contributed by atoms with van der Waals surface area (Å²) in [6.45, 7) is 5.21. The van der Waals surface area contributed by atoms with Crippen LogP contribution in [0.4, 0.5) is 5.69 Å². The molecule has 0 unspecified atom stereocenters. The van der Waals surface area contributed by atoms with E-state index < -0.39 is 0 Å². The van der Waals surface area contributed by atoms with Gasteiger partial charge in [0.2, 0.25) is 0 Å². The van der Waals surface area contributed by atoms with Crippen LogP contribution in [-0.4, -0.2) is 18.8 Å². The first-order valence-electron chi connectivity index (χ1n) is 5.77. The zero-order chi connectivity index (χ0) is 10.7. The second-order valence-electron chi connectivity index (χ2n) is 4.13. The molecule has 1 saturated heterocycles. The van der Waals surface area contributed by atoms with E-state index in [2.05, 4.69) is 43.4 Å². The lowest BCUT2D eigenvalue weighted by Gasteiger charge is -2.19. The summed E-state index contributed by atoms with van der Waals surface area (Å²) in [4.78, 5) is 0. The largest absolute Gasteiger partial charge is 0.379 e. The Labute approximate surface area is 91.6 Å². The Morgan fingerprint density at radius 3 is 2.87 bits per heavy atom. The zero-order valence-electron chi connectivity index (χ0n) is 9.49. The van der Waals surface area contributed by atoms with E-state index in [9.17, 15) is 0 Å². The van der Waals surface area contributed by atoms with Crippen molar-refractivity contribution >= 4 is 5.69 Å². The van der Waals surface area contributed by atoms with E-state index in [4.69, 9.17) is 4.74 Å². The van der Waals surface area contributed by atoms with Crippen molar-refractivity contribution in [1.82, 2.24) is 0 Å². The quantitative estimate of drug-likeness (QED) is 0.819. The lowest BCUT2D eigenvalue weighted by molar-refractivity contribution is 0.121. The summed E-state index contributed by atoms with van der Waals surface area (Å²) in [5.41, 5.74) is 2.65. The summed E-state index contributed by atoms with van der Waals surface area (Å²) in [7, 11) is 0. The van der Waals surface area contributed by atoms with Crippen LogP contribution in [0.3, 0.4) is 0 Å². The maximum Gasteiger partial charge on any atom is 0.0748 e. The molecule has 1 fully saturated rings. The van der Waals surface area contributed by atoms with E-state index in [1.54, 1.807) is 0 Å². The van der Waals surface area contributed by atoms with Gasteiger partial charge in [-0.15, -0.1) is 0 Å². The number of aryl methyl sites for hydroxylation is 1. The Kier molecular flexibility index (Phi) is 3.27. The molecule has 1 N–H and O–H groups in total. The van der Waals surface area contributed by atoms with E-state index in [-0.39, 0.29) is 0 Å². The predicted molar refractivity (Wildman–Crippen MR) is 63.3 cm³/mol. The van der Waals surface area contributed by atoms with E-state index in [0.717, 1.165) is 19.4 Å². The minimum absolute atomic E-state index is 0.329. The fraction of sp³-hybridized carbons (Fsp3) is 0.538. The van der Waals surface area contributed by atoms with Gasteiger partial charge in [-0.3, -0.25) is 0 Å². The Bertz CT molecular complexity index is 324. The fourth-order valence-corrected chi connectivity index (χ4v) is 2.09. The summed E-state index contributed by atoms with van der Waals surface area (Å²) >= 11 is 0. The highest BCUT2D eigenvalue weighted by molar-refractivity contribution is 5.52. The molecule has 15 heavy (non-hydrogen) atoms. The highest BCUT2D eigenvalue weighted by atomic mass is 16.5. The summed E-state index contributed by atoms with van der Waals surface area (Å²) < 4.78 is 5.55. The Balaban J connectivity index is 2.09. The molecule has 82 valence electrons. The van der Waals surface area contributed by atoms with Gasteiger partial charge in [0.25, 0.3) is 0 Å². The summed E-state index contributed by atoms with van der Waals surface area (Å²) in [5, 5.41) is 3.59. The highest BCUT2D eigenvalue weighted by Gasteiger charge is 2.24. The molecular formula is C13H19NO. The van der Waals surface area contributed by atoms with Gasteiger partial charge in [-0.1, -0.05) is 25.1 Å². The second kappa shape index (κ2) is 4.67. The number of hydrogen-bond donors (Lipinski definition) is 1. The maximum absolute atomic E-state index is 5.55. The standard InChI is InChI=1S/C13H19NO/c1-3-11-6-4-5-7-13(11)14-12-8-9-15-10(12)2/h4-7,10,12,14H,3,8-9H2,1-2H3/t10-,12+/m1/s1. The average Bonchev–Trinajstić information content (AvgIpc) is 2.65. The van der Waals surface area contributed by atoms with Crippen molar-refractivity contribution in [3.8, 4) is 0 Å². The van der Waals surface area contributed by atoms with E-state index in [1.807, 2.05) is 0 Å². The van der Waals surface area contributed by atoms with Crippen molar-refractivity contribution in [2.24, 2.45) is 0 Å². The van der Waals surface area contributed by atoms with Crippen LogP contribution in [0.15, 0.2) is 24.3 Å². The summed E-state index contributed by atoms with van der Waals surface area (Å²) in [6.07, 6.45) is 2.51. The molecule has 0 radical (unpaired) electrons. The monoisotopic (exact) mass is 205 g/mol. The molecule has 2 atom stereocenters. The van der Waals surface area contributed by atoms with Crippen molar-refractivity contribution in [3.05, 3.63) is 29.8 Å². The van der Waals surface area contributed by atoms with Crippen molar-refractivity contribution in [1.29, 1.82) is 0 Å². The van der Waals surface area contributed by atoms with Crippen LogP contribution >= 0.6 is 0 Å². The van der Waals surface area contributed by atoms with E-state index in [0.29, 0.717) is 12.1 Å². The molecule has 0 amide bonds. The van der Waals surface area contributed by atoms with Crippen LogP contribution in [0.5, 0.6) is 0 Å². The van der Waals surface area contributed by atoms with Crippen LogP contribution in [0.1, 0.15) is 25.8 Å². The average molecular weight is 205 g/mol. The molecule has 1 aromatic carbocycles. The number of hydrogen-bond acceptors (Lipinski definition) is 2.